The zero-order valence-electron chi connectivity index (χ0n) is 12.6. The van der Waals surface area contributed by atoms with Gasteiger partial charge in [0, 0.05) is 11.5 Å². The van der Waals surface area contributed by atoms with Crippen LogP contribution >= 0.6 is 11.5 Å². The molecule has 0 bridgehead atoms. The molecule has 0 aromatic carbocycles. The molecule has 3 nitrogen and oxygen atoms in total. The summed E-state index contributed by atoms with van der Waals surface area (Å²) in [6.07, 6.45) is 2.33. The standard InChI is InChI=1S/C14H27N3S/c1-7-9-15-11(10(3)8-2)12-13(14(4,5)6)16-17-18-12/h10-11,15H,7-9H2,1-6H3. The Morgan fingerprint density at radius 1 is 1.28 bits per heavy atom. The van der Waals surface area contributed by atoms with E-state index in [9.17, 15) is 0 Å². The van der Waals surface area contributed by atoms with Crippen LogP contribution in [0.5, 0.6) is 0 Å². The van der Waals surface area contributed by atoms with Crippen LogP contribution in [0.15, 0.2) is 0 Å². The molecule has 2 atom stereocenters. The first-order valence-electron chi connectivity index (χ1n) is 6.97. The summed E-state index contributed by atoms with van der Waals surface area (Å²) in [5.41, 5.74) is 1.23. The van der Waals surface area contributed by atoms with Gasteiger partial charge < -0.3 is 5.32 Å². The van der Waals surface area contributed by atoms with Crippen molar-refractivity contribution in [3.05, 3.63) is 10.6 Å². The van der Waals surface area contributed by atoms with Crippen molar-refractivity contribution in [2.24, 2.45) is 5.92 Å². The molecule has 1 aromatic heterocycles. The first-order valence-corrected chi connectivity index (χ1v) is 7.75. The Hall–Kier alpha value is -0.480. The lowest BCUT2D eigenvalue weighted by atomic mass is 9.87. The van der Waals surface area contributed by atoms with Crippen LogP contribution in [0.1, 0.15) is 71.0 Å². The van der Waals surface area contributed by atoms with Gasteiger partial charge in [-0.3, -0.25) is 0 Å². The van der Waals surface area contributed by atoms with Gasteiger partial charge in [-0.15, -0.1) is 5.10 Å². The summed E-state index contributed by atoms with van der Waals surface area (Å²) in [6.45, 7) is 14.4. The molecule has 0 saturated heterocycles. The average molecular weight is 269 g/mol. The van der Waals surface area contributed by atoms with Gasteiger partial charge in [0.15, 0.2) is 0 Å². The highest BCUT2D eigenvalue weighted by Gasteiger charge is 2.29. The topological polar surface area (TPSA) is 37.8 Å². The Kier molecular flexibility index (Phi) is 5.73. The summed E-state index contributed by atoms with van der Waals surface area (Å²) in [7, 11) is 0. The molecule has 2 unspecified atom stereocenters. The molecule has 1 aromatic rings. The molecule has 0 aliphatic rings. The summed E-state index contributed by atoms with van der Waals surface area (Å²) in [4.78, 5) is 1.32. The molecule has 18 heavy (non-hydrogen) atoms. The molecule has 0 aliphatic carbocycles. The van der Waals surface area contributed by atoms with Crippen LogP contribution in [0.4, 0.5) is 0 Å². The predicted octanol–water partition coefficient (Wildman–Crippen LogP) is 3.92. The van der Waals surface area contributed by atoms with E-state index in [1.807, 2.05) is 0 Å². The summed E-state index contributed by atoms with van der Waals surface area (Å²) in [5, 5.41) is 8.03. The fourth-order valence-electron chi connectivity index (χ4n) is 2.01. The quantitative estimate of drug-likeness (QED) is 0.850. The fourth-order valence-corrected chi connectivity index (χ4v) is 3.08. The van der Waals surface area contributed by atoms with Crippen molar-refractivity contribution in [2.45, 2.75) is 65.8 Å². The van der Waals surface area contributed by atoms with Crippen molar-refractivity contribution in [2.75, 3.05) is 6.54 Å². The van der Waals surface area contributed by atoms with Crippen LogP contribution in [0, 0.1) is 5.92 Å². The maximum Gasteiger partial charge on any atom is 0.0857 e. The van der Waals surface area contributed by atoms with Gasteiger partial charge in [-0.25, -0.2) is 0 Å². The molecule has 104 valence electrons. The number of rotatable bonds is 6. The average Bonchev–Trinajstić information content (AvgIpc) is 2.78. The van der Waals surface area contributed by atoms with E-state index in [2.05, 4.69) is 56.4 Å². The lowest BCUT2D eigenvalue weighted by molar-refractivity contribution is 0.375. The molecular weight excluding hydrogens is 242 g/mol. The Bertz CT molecular complexity index is 354. The molecule has 1 rings (SSSR count). The third kappa shape index (κ3) is 3.75. The van der Waals surface area contributed by atoms with Crippen molar-refractivity contribution in [1.82, 2.24) is 14.9 Å². The Labute approximate surface area is 116 Å². The highest BCUT2D eigenvalue weighted by Crippen LogP contribution is 2.34. The molecule has 1 N–H and O–H groups in total. The smallest absolute Gasteiger partial charge is 0.0857 e. The van der Waals surface area contributed by atoms with Crippen LogP contribution < -0.4 is 5.32 Å². The van der Waals surface area contributed by atoms with E-state index in [0.717, 1.165) is 18.7 Å². The van der Waals surface area contributed by atoms with Crippen molar-refractivity contribution in [1.29, 1.82) is 0 Å². The molecule has 0 amide bonds. The van der Waals surface area contributed by atoms with E-state index in [-0.39, 0.29) is 5.41 Å². The maximum absolute atomic E-state index is 4.36. The van der Waals surface area contributed by atoms with Crippen molar-refractivity contribution in [3.63, 3.8) is 0 Å². The highest BCUT2D eigenvalue weighted by molar-refractivity contribution is 7.05. The van der Waals surface area contributed by atoms with Gasteiger partial charge >= 0.3 is 0 Å². The van der Waals surface area contributed by atoms with Gasteiger partial charge in [0.1, 0.15) is 0 Å². The molecule has 4 heteroatoms. The van der Waals surface area contributed by atoms with Gasteiger partial charge in [0.2, 0.25) is 0 Å². The third-order valence-corrected chi connectivity index (χ3v) is 4.14. The van der Waals surface area contributed by atoms with Crippen molar-refractivity contribution >= 4 is 11.5 Å². The first-order chi connectivity index (χ1) is 8.41. The summed E-state index contributed by atoms with van der Waals surface area (Å²) >= 11 is 1.56. The number of nitrogens with zero attached hydrogens (tertiary/aromatic N) is 2. The summed E-state index contributed by atoms with van der Waals surface area (Å²) in [6, 6.07) is 0.393. The van der Waals surface area contributed by atoms with Gasteiger partial charge in [-0.1, -0.05) is 52.5 Å². The molecule has 1 heterocycles. The van der Waals surface area contributed by atoms with E-state index in [0.29, 0.717) is 12.0 Å². The summed E-state index contributed by atoms with van der Waals surface area (Å²) < 4.78 is 4.19. The number of nitrogens with one attached hydrogen (secondary N) is 1. The predicted molar refractivity (Wildman–Crippen MR) is 79.1 cm³/mol. The minimum atomic E-state index is 0.0714. The maximum atomic E-state index is 4.36. The van der Waals surface area contributed by atoms with Crippen LogP contribution in [0.2, 0.25) is 0 Å². The highest BCUT2D eigenvalue weighted by atomic mass is 32.1. The van der Waals surface area contributed by atoms with E-state index in [1.165, 1.54) is 11.3 Å². The molecule has 0 radical (unpaired) electrons. The van der Waals surface area contributed by atoms with E-state index < -0.39 is 0 Å². The van der Waals surface area contributed by atoms with Crippen LogP contribution in [0.3, 0.4) is 0 Å². The summed E-state index contributed by atoms with van der Waals surface area (Å²) in [5.74, 6) is 0.611. The lowest BCUT2D eigenvalue weighted by Crippen LogP contribution is -2.29. The lowest BCUT2D eigenvalue weighted by Gasteiger charge is -2.26. The fraction of sp³-hybridized carbons (Fsp3) is 0.857. The second-order valence-electron chi connectivity index (χ2n) is 6.05. The second kappa shape index (κ2) is 6.62. The molecule has 0 saturated carbocycles. The van der Waals surface area contributed by atoms with Gasteiger partial charge in [-0.05, 0) is 30.4 Å². The van der Waals surface area contributed by atoms with Gasteiger partial charge in [0.05, 0.1) is 10.6 Å². The van der Waals surface area contributed by atoms with Gasteiger partial charge in [-0.2, -0.15) is 0 Å². The number of hydrogen-bond donors (Lipinski definition) is 1. The molecule has 0 aliphatic heterocycles. The van der Waals surface area contributed by atoms with E-state index in [1.54, 1.807) is 11.5 Å². The molecule has 0 fully saturated rings. The zero-order valence-corrected chi connectivity index (χ0v) is 13.4. The van der Waals surface area contributed by atoms with Crippen LogP contribution in [-0.4, -0.2) is 16.1 Å². The van der Waals surface area contributed by atoms with Crippen molar-refractivity contribution < 1.29 is 0 Å². The Balaban J connectivity index is 3.01. The first kappa shape index (κ1) is 15.6. The number of aromatic nitrogens is 2. The Morgan fingerprint density at radius 3 is 2.44 bits per heavy atom. The van der Waals surface area contributed by atoms with Crippen LogP contribution in [-0.2, 0) is 5.41 Å². The third-order valence-electron chi connectivity index (χ3n) is 3.33. The largest absolute Gasteiger partial charge is 0.309 e. The molecule has 0 spiro atoms. The second-order valence-corrected chi connectivity index (χ2v) is 6.84. The number of hydrogen-bond acceptors (Lipinski definition) is 4. The molecular formula is C14H27N3S. The van der Waals surface area contributed by atoms with E-state index in [4.69, 9.17) is 0 Å². The monoisotopic (exact) mass is 269 g/mol. The SMILES string of the molecule is CCCNC(c1snnc1C(C)(C)C)C(C)CC. The van der Waals surface area contributed by atoms with Crippen molar-refractivity contribution in [3.8, 4) is 0 Å². The Morgan fingerprint density at radius 2 is 1.94 bits per heavy atom. The zero-order chi connectivity index (χ0) is 13.8. The van der Waals surface area contributed by atoms with Crippen LogP contribution in [0.25, 0.3) is 0 Å². The van der Waals surface area contributed by atoms with E-state index >= 15 is 0 Å². The minimum Gasteiger partial charge on any atom is -0.309 e. The van der Waals surface area contributed by atoms with Gasteiger partial charge in [0.25, 0.3) is 0 Å². The normalized spacial score (nSPS) is 15.7. The minimum absolute atomic E-state index is 0.0714.